The number of carbonyl (C=O) groups excluding carboxylic acids is 1. The number of hydrogen-bond acceptors (Lipinski definition) is 3. The monoisotopic (exact) mass is 331 g/mol. The summed E-state index contributed by atoms with van der Waals surface area (Å²) in [5.41, 5.74) is -0.779. The second-order valence-electron chi connectivity index (χ2n) is 5.72. The highest BCUT2D eigenvalue weighted by molar-refractivity contribution is 5.91. The number of anilines is 2. The van der Waals surface area contributed by atoms with Crippen molar-refractivity contribution in [3.8, 4) is 0 Å². The molecule has 0 aliphatic carbocycles. The molecule has 1 aromatic carbocycles. The van der Waals surface area contributed by atoms with Gasteiger partial charge in [-0.3, -0.25) is 0 Å². The highest BCUT2D eigenvalue weighted by Crippen LogP contribution is 2.37. The van der Waals surface area contributed by atoms with E-state index in [0.29, 0.717) is 18.7 Å². The molecule has 0 spiro atoms. The fourth-order valence-electron chi connectivity index (χ4n) is 2.63. The molecule has 0 radical (unpaired) electrons. The lowest BCUT2D eigenvalue weighted by molar-refractivity contribution is -0.136. The molecule has 1 aliphatic rings. The second-order valence-corrected chi connectivity index (χ2v) is 5.72. The summed E-state index contributed by atoms with van der Waals surface area (Å²) in [6, 6.07) is 2.80. The fraction of sp³-hybridized carbons (Fsp3) is 0.533. The van der Waals surface area contributed by atoms with Crippen molar-refractivity contribution < 1.29 is 23.1 Å². The average molecular weight is 331 g/mol. The number of rotatable bonds is 3. The third-order valence-electron chi connectivity index (χ3n) is 3.92. The molecule has 0 bridgehead atoms. The van der Waals surface area contributed by atoms with Crippen LogP contribution in [0.25, 0.3) is 0 Å². The molecular formula is C15H20F3N3O2. The van der Waals surface area contributed by atoms with Crippen molar-refractivity contribution in [1.82, 2.24) is 4.90 Å². The Morgan fingerprint density at radius 1 is 1.43 bits per heavy atom. The van der Waals surface area contributed by atoms with Crippen molar-refractivity contribution in [2.24, 2.45) is 0 Å². The smallest absolute Gasteiger partial charge is 0.394 e. The van der Waals surface area contributed by atoms with E-state index in [1.54, 1.807) is 19.0 Å². The van der Waals surface area contributed by atoms with E-state index in [-0.39, 0.29) is 18.3 Å². The molecule has 0 unspecified atom stereocenters. The standard InChI is InChI=1S/C15H20F3N3O2/c1-20(2)10-5-6-13(12(8-10)15(16,17)18)19-14(23)21-7-3-4-11(21)9-22/h5-6,8,11,22H,3-4,7,9H2,1-2H3,(H,19,23)/t11-/m0/s1. The molecule has 2 N–H and O–H groups in total. The molecule has 0 saturated carbocycles. The summed E-state index contributed by atoms with van der Waals surface area (Å²) in [6.45, 7) is 0.229. The van der Waals surface area contributed by atoms with Crippen LogP contribution in [0.1, 0.15) is 18.4 Å². The minimum Gasteiger partial charge on any atom is -0.394 e. The summed E-state index contributed by atoms with van der Waals surface area (Å²) in [7, 11) is 3.29. The zero-order chi connectivity index (χ0) is 17.2. The minimum atomic E-state index is -4.57. The Bertz CT molecular complexity index is 576. The summed E-state index contributed by atoms with van der Waals surface area (Å²) in [4.78, 5) is 15.1. The van der Waals surface area contributed by atoms with Crippen LogP contribution < -0.4 is 10.2 Å². The van der Waals surface area contributed by atoms with Crippen LogP contribution in [0.15, 0.2) is 18.2 Å². The van der Waals surface area contributed by atoms with Gasteiger partial charge >= 0.3 is 12.2 Å². The molecule has 0 aromatic heterocycles. The Labute approximate surface area is 132 Å². The van der Waals surface area contributed by atoms with E-state index in [2.05, 4.69) is 5.32 Å². The summed E-state index contributed by atoms with van der Waals surface area (Å²) in [5.74, 6) is 0. The zero-order valence-corrected chi connectivity index (χ0v) is 13.0. The number of likely N-dealkylation sites (tertiary alicyclic amines) is 1. The lowest BCUT2D eigenvalue weighted by atomic mass is 10.1. The molecule has 1 heterocycles. The van der Waals surface area contributed by atoms with Crippen molar-refractivity contribution in [3.05, 3.63) is 23.8 Å². The van der Waals surface area contributed by atoms with Gasteiger partial charge in [-0.25, -0.2) is 4.79 Å². The Balaban J connectivity index is 2.27. The first-order valence-electron chi connectivity index (χ1n) is 7.31. The van der Waals surface area contributed by atoms with Gasteiger partial charge in [0.25, 0.3) is 0 Å². The Morgan fingerprint density at radius 2 is 2.13 bits per heavy atom. The van der Waals surface area contributed by atoms with Crippen molar-refractivity contribution in [2.45, 2.75) is 25.1 Å². The van der Waals surface area contributed by atoms with Crippen molar-refractivity contribution in [2.75, 3.05) is 37.5 Å². The predicted molar refractivity (Wildman–Crippen MR) is 81.6 cm³/mol. The fourth-order valence-corrected chi connectivity index (χ4v) is 2.63. The Hall–Kier alpha value is -1.96. The van der Waals surface area contributed by atoms with Crippen molar-refractivity contribution in [3.63, 3.8) is 0 Å². The van der Waals surface area contributed by atoms with Gasteiger partial charge in [-0.1, -0.05) is 0 Å². The lowest BCUT2D eigenvalue weighted by Crippen LogP contribution is -2.40. The molecule has 2 rings (SSSR count). The van der Waals surface area contributed by atoms with E-state index in [1.165, 1.54) is 17.0 Å². The number of aliphatic hydroxyl groups excluding tert-OH is 1. The molecule has 128 valence electrons. The summed E-state index contributed by atoms with van der Waals surface area (Å²) >= 11 is 0. The van der Waals surface area contributed by atoms with E-state index < -0.39 is 17.8 Å². The number of hydrogen-bond donors (Lipinski definition) is 2. The topological polar surface area (TPSA) is 55.8 Å². The number of carbonyl (C=O) groups is 1. The van der Waals surface area contributed by atoms with Gasteiger partial charge in [0.2, 0.25) is 0 Å². The van der Waals surface area contributed by atoms with Crippen LogP contribution in [-0.2, 0) is 6.18 Å². The van der Waals surface area contributed by atoms with Crippen LogP contribution in [0, 0.1) is 0 Å². The number of amides is 2. The number of urea groups is 1. The first-order chi connectivity index (χ1) is 10.7. The zero-order valence-electron chi connectivity index (χ0n) is 13.0. The van der Waals surface area contributed by atoms with Crippen LogP contribution in [0.4, 0.5) is 29.3 Å². The molecule has 2 amide bonds. The van der Waals surface area contributed by atoms with E-state index in [4.69, 9.17) is 0 Å². The second kappa shape index (κ2) is 6.66. The van der Waals surface area contributed by atoms with Crippen LogP contribution in [0.5, 0.6) is 0 Å². The summed E-state index contributed by atoms with van der Waals surface area (Å²) < 4.78 is 39.7. The highest BCUT2D eigenvalue weighted by atomic mass is 19.4. The summed E-state index contributed by atoms with van der Waals surface area (Å²) in [6.07, 6.45) is -3.20. The molecule has 5 nitrogen and oxygen atoms in total. The number of halogens is 3. The van der Waals surface area contributed by atoms with E-state index in [9.17, 15) is 23.1 Å². The predicted octanol–water partition coefficient (Wildman–Crippen LogP) is 2.76. The molecule has 23 heavy (non-hydrogen) atoms. The van der Waals surface area contributed by atoms with Gasteiger partial charge in [-0.05, 0) is 31.0 Å². The largest absolute Gasteiger partial charge is 0.418 e. The van der Waals surface area contributed by atoms with Gasteiger partial charge in [0.05, 0.1) is 23.9 Å². The molecular weight excluding hydrogens is 311 g/mol. The Morgan fingerprint density at radius 3 is 2.70 bits per heavy atom. The van der Waals surface area contributed by atoms with Gasteiger partial charge in [-0.2, -0.15) is 13.2 Å². The van der Waals surface area contributed by atoms with Crippen LogP contribution in [0.2, 0.25) is 0 Å². The molecule has 1 fully saturated rings. The van der Waals surface area contributed by atoms with Gasteiger partial charge in [0.15, 0.2) is 0 Å². The number of alkyl halides is 3. The maximum absolute atomic E-state index is 13.2. The Kier molecular flexibility index (Phi) is 5.03. The van der Waals surface area contributed by atoms with Crippen LogP contribution >= 0.6 is 0 Å². The van der Waals surface area contributed by atoms with Crippen molar-refractivity contribution >= 4 is 17.4 Å². The maximum Gasteiger partial charge on any atom is 0.418 e. The maximum atomic E-state index is 13.2. The first-order valence-corrected chi connectivity index (χ1v) is 7.31. The molecule has 8 heteroatoms. The first kappa shape index (κ1) is 17.4. The number of nitrogens with one attached hydrogen (secondary N) is 1. The number of nitrogens with zero attached hydrogens (tertiary/aromatic N) is 2. The third kappa shape index (κ3) is 3.87. The van der Waals surface area contributed by atoms with Gasteiger partial charge in [0.1, 0.15) is 0 Å². The van der Waals surface area contributed by atoms with Crippen molar-refractivity contribution in [1.29, 1.82) is 0 Å². The number of aliphatic hydroxyl groups is 1. The highest BCUT2D eigenvalue weighted by Gasteiger charge is 2.35. The molecule has 1 atom stereocenters. The molecule has 1 aromatic rings. The van der Waals surface area contributed by atoms with E-state index >= 15 is 0 Å². The minimum absolute atomic E-state index is 0.195. The average Bonchev–Trinajstić information content (AvgIpc) is 2.94. The third-order valence-corrected chi connectivity index (χ3v) is 3.92. The normalized spacial score (nSPS) is 18.2. The van der Waals surface area contributed by atoms with Gasteiger partial charge in [0, 0.05) is 26.3 Å². The quantitative estimate of drug-likeness (QED) is 0.895. The SMILES string of the molecule is CN(C)c1ccc(NC(=O)N2CCC[C@H]2CO)c(C(F)(F)F)c1. The number of benzene rings is 1. The molecule has 1 aliphatic heterocycles. The van der Waals surface area contributed by atoms with Crippen LogP contribution in [-0.4, -0.2) is 49.3 Å². The molecule has 1 saturated heterocycles. The van der Waals surface area contributed by atoms with E-state index in [1.807, 2.05) is 0 Å². The van der Waals surface area contributed by atoms with Crippen LogP contribution in [0.3, 0.4) is 0 Å². The lowest BCUT2D eigenvalue weighted by Gasteiger charge is -2.25. The van der Waals surface area contributed by atoms with Gasteiger partial charge < -0.3 is 20.2 Å². The van der Waals surface area contributed by atoms with Gasteiger partial charge in [-0.15, -0.1) is 0 Å². The summed E-state index contributed by atoms with van der Waals surface area (Å²) in [5, 5.41) is 11.6. The van der Waals surface area contributed by atoms with E-state index in [0.717, 1.165) is 12.5 Å².